The zero-order chi connectivity index (χ0) is 49.7. The highest BCUT2D eigenvalue weighted by Crippen LogP contribution is 2.75. The van der Waals surface area contributed by atoms with Gasteiger partial charge in [-0.05, 0) is 149 Å². The number of nitrogens with zero attached hydrogens (tertiary/aromatic N) is 6. The number of pyridine rings is 1. The highest BCUT2D eigenvalue weighted by atomic mass is 32.2. The Morgan fingerprint density at radius 1 is 0.845 bits per heavy atom. The fraction of sp³-hybridized carbons (Fsp3) is 0.429. The average Bonchev–Trinajstić information content (AvgIpc) is 3.89. The van der Waals surface area contributed by atoms with Crippen LogP contribution >= 0.6 is 11.3 Å². The molecule has 0 radical (unpaired) electrons. The number of para-hydroxylation sites is 1. The van der Waals surface area contributed by atoms with Crippen molar-refractivity contribution in [1.82, 2.24) is 29.9 Å². The van der Waals surface area contributed by atoms with Gasteiger partial charge in [-0.3, -0.25) is 8.86 Å². The van der Waals surface area contributed by atoms with Gasteiger partial charge in [-0.25, -0.2) is 14.8 Å². The van der Waals surface area contributed by atoms with Crippen molar-refractivity contribution in [1.29, 1.82) is 0 Å². The molecule has 4 aromatic heterocycles. The molecule has 13 nitrogen and oxygen atoms in total. The smallest absolute Gasteiger partial charge is 0.355 e. The lowest BCUT2D eigenvalue weighted by Gasteiger charge is -2.70. The number of anilines is 3. The van der Waals surface area contributed by atoms with Gasteiger partial charge < -0.3 is 15.7 Å². The van der Waals surface area contributed by atoms with Gasteiger partial charge in [-0.1, -0.05) is 84.8 Å². The van der Waals surface area contributed by atoms with Gasteiger partial charge in [0.1, 0.15) is 0 Å². The predicted octanol–water partition coefficient (Wildman–Crippen LogP) is 12.5. The summed E-state index contributed by atoms with van der Waals surface area (Å²) in [6.07, 6.45) is 10.8. The summed E-state index contributed by atoms with van der Waals surface area (Å²) in [6, 6.07) is 23.3. The molecule has 71 heavy (non-hydrogen) atoms. The molecular weight excluding hydrogens is 929 g/mol. The van der Waals surface area contributed by atoms with Crippen molar-refractivity contribution in [2.75, 3.05) is 23.8 Å². The highest BCUT2D eigenvalue weighted by molar-refractivity contribution is 7.86. The SMILES string of the molecule is Cc1ccc(-c2c(C3CCNc4nnc(Nc5nc6ccccc6s5)c(C)c43)nc(C(=O)O)c(-c3cnn(CC45CC6(C)CC(C)(CC(CCCOS(=O)(=O)c7ccc(C)cc7)(C6)C4)C5)c3C)c2C)cc1. The molecule has 4 saturated carbocycles. The van der Waals surface area contributed by atoms with Crippen molar-refractivity contribution in [3.63, 3.8) is 0 Å². The Kier molecular flexibility index (Phi) is 11.5. The van der Waals surface area contributed by atoms with Crippen LogP contribution in [-0.2, 0) is 20.8 Å². The van der Waals surface area contributed by atoms with Crippen LogP contribution in [-0.4, -0.2) is 62.6 Å². The van der Waals surface area contributed by atoms with Crippen LogP contribution in [0.1, 0.15) is 127 Å². The van der Waals surface area contributed by atoms with E-state index in [1.54, 1.807) is 35.6 Å². The Labute approximate surface area is 420 Å². The van der Waals surface area contributed by atoms with E-state index in [1.807, 2.05) is 51.2 Å². The Balaban J connectivity index is 0.933. The van der Waals surface area contributed by atoms with Crippen LogP contribution in [0.15, 0.2) is 83.9 Å². The molecule has 0 amide bonds. The van der Waals surface area contributed by atoms with E-state index in [1.165, 1.54) is 6.42 Å². The number of aromatic carboxylic acids is 1. The van der Waals surface area contributed by atoms with Crippen LogP contribution in [0.5, 0.6) is 0 Å². The van der Waals surface area contributed by atoms with Crippen molar-refractivity contribution in [2.45, 2.75) is 124 Å². The van der Waals surface area contributed by atoms with Crippen LogP contribution in [0.3, 0.4) is 0 Å². The molecule has 7 aromatic rings. The van der Waals surface area contributed by atoms with E-state index >= 15 is 0 Å². The molecule has 0 saturated heterocycles. The number of carboxylic acids is 1. The molecule has 4 bridgehead atoms. The summed E-state index contributed by atoms with van der Waals surface area (Å²) in [5.41, 5.74) is 10.9. The fourth-order valence-electron chi connectivity index (χ4n) is 14.7. The van der Waals surface area contributed by atoms with Gasteiger partial charge in [-0.2, -0.15) is 13.5 Å². The van der Waals surface area contributed by atoms with Crippen LogP contribution in [0, 0.1) is 56.3 Å². The van der Waals surface area contributed by atoms with E-state index in [2.05, 4.69) is 77.5 Å². The maximum Gasteiger partial charge on any atom is 0.355 e. The molecule has 0 spiro atoms. The lowest BCUT2D eigenvalue weighted by atomic mass is 9.35. The van der Waals surface area contributed by atoms with Crippen LogP contribution in [0.4, 0.5) is 16.8 Å². The Hall–Kier alpha value is -6.03. The molecule has 3 unspecified atom stereocenters. The van der Waals surface area contributed by atoms with Gasteiger partial charge in [0.25, 0.3) is 10.1 Å². The van der Waals surface area contributed by atoms with E-state index in [9.17, 15) is 18.3 Å². The Morgan fingerprint density at radius 2 is 1.54 bits per heavy atom. The molecule has 4 aliphatic carbocycles. The van der Waals surface area contributed by atoms with Crippen molar-refractivity contribution in [3.8, 4) is 22.3 Å². The van der Waals surface area contributed by atoms with Gasteiger partial charge in [-0.15, -0.1) is 10.2 Å². The van der Waals surface area contributed by atoms with Crippen molar-refractivity contribution < 1.29 is 22.5 Å². The van der Waals surface area contributed by atoms with E-state index in [4.69, 9.17) is 19.2 Å². The number of carboxylic acid groups (broad SMARTS) is 1. The topological polar surface area (TPSA) is 174 Å². The molecular formula is C56H62N8O5S2. The number of rotatable bonds is 14. The van der Waals surface area contributed by atoms with Crippen LogP contribution in [0.2, 0.25) is 0 Å². The van der Waals surface area contributed by atoms with Crippen molar-refractivity contribution >= 4 is 54.4 Å². The van der Waals surface area contributed by atoms with Gasteiger partial charge >= 0.3 is 5.97 Å². The third-order valence-electron chi connectivity index (χ3n) is 16.3. The first-order valence-electron chi connectivity index (χ1n) is 24.9. The van der Waals surface area contributed by atoms with E-state index in [0.29, 0.717) is 47.4 Å². The number of hydrogen-bond donors (Lipinski definition) is 3. The first kappa shape index (κ1) is 47.3. The standard InChI is InChI=1S/C56H62N8O5S2/c1-33-13-17-38(18-14-33)44-35(3)45(48(51(65)66)60-47(44)40-21-23-57-50-46(40)36(4)49(62-63-50)61-52-59-42-11-8-9-12-43(42)70-52)41-25-58-64(37(41)5)32-56-29-53(6)26-54(7,30-56)28-55(27-53,31-56)22-10-24-69-71(67,68)39-19-15-34(2)16-20-39/h8-9,11-20,25,40H,10,21-24,26-32H2,1-7H3,(H,57,63)(H,65,66)(H,59,61,62). The second-order valence-corrected chi connectivity index (χ2v) is 25.0. The molecule has 15 heteroatoms. The fourth-order valence-corrected chi connectivity index (χ4v) is 16.5. The molecule has 3 atom stereocenters. The van der Waals surface area contributed by atoms with Crippen LogP contribution in [0.25, 0.3) is 32.5 Å². The zero-order valence-corrected chi connectivity index (χ0v) is 43.3. The summed E-state index contributed by atoms with van der Waals surface area (Å²) in [5.74, 6) is -0.133. The monoisotopic (exact) mass is 990 g/mol. The maximum atomic E-state index is 13.7. The second-order valence-electron chi connectivity index (χ2n) is 22.4. The second kappa shape index (κ2) is 17.3. The van der Waals surface area contributed by atoms with Gasteiger partial charge in [0, 0.05) is 52.5 Å². The van der Waals surface area contributed by atoms with Crippen molar-refractivity contribution in [2.24, 2.45) is 21.7 Å². The molecule has 3 N–H and O–H groups in total. The normalized spacial score (nSPS) is 24.5. The zero-order valence-electron chi connectivity index (χ0n) is 41.6. The van der Waals surface area contributed by atoms with E-state index in [-0.39, 0.29) is 44.8 Å². The largest absolute Gasteiger partial charge is 0.476 e. The first-order valence-corrected chi connectivity index (χ1v) is 27.1. The number of carbonyl (C=O) groups is 1. The van der Waals surface area contributed by atoms with E-state index < -0.39 is 16.1 Å². The number of benzene rings is 3. The van der Waals surface area contributed by atoms with Gasteiger partial charge in [0.05, 0.1) is 33.6 Å². The highest BCUT2D eigenvalue weighted by Gasteiger charge is 2.65. The summed E-state index contributed by atoms with van der Waals surface area (Å²) in [5, 5.41) is 33.2. The molecule has 4 fully saturated rings. The third kappa shape index (κ3) is 8.60. The predicted molar refractivity (Wildman–Crippen MR) is 279 cm³/mol. The molecule has 5 heterocycles. The summed E-state index contributed by atoms with van der Waals surface area (Å²) in [7, 11) is -3.84. The number of aromatic nitrogens is 6. The summed E-state index contributed by atoms with van der Waals surface area (Å²) >= 11 is 1.55. The Morgan fingerprint density at radius 3 is 2.24 bits per heavy atom. The summed E-state index contributed by atoms with van der Waals surface area (Å²) < 4.78 is 35.0. The first-order chi connectivity index (χ1) is 33.8. The van der Waals surface area contributed by atoms with Gasteiger partial charge in [0.15, 0.2) is 22.5 Å². The van der Waals surface area contributed by atoms with E-state index in [0.717, 1.165) is 105 Å². The molecule has 12 rings (SSSR count). The molecule has 368 valence electrons. The number of nitrogens with one attached hydrogen (secondary N) is 2. The Bertz CT molecular complexity index is 3310. The average molecular weight is 991 g/mol. The summed E-state index contributed by atoms with van der Waals surface area (Å²) in [6.45, 7) is 16.6. The number of thiazole rings is 1. The van der Waals surface area contributed by atoms with Crippen molar-refractivity contribution in [3.05, 3.63) is 124 Å². The third-order valence-corrected chi connectivity index (χ3v) is 18.6. The minimum absolute atomic E-state index is 0.00368. The maximum absolute atomic E-state index is 13.7. The number of fused-ring (bicyclic) bond motifs is 2. The minimum Gasteiger partial charge on any atom is -0.476 e. The van der Waals surface area contributed by atoms with Crippen LogP contribution < -0.4 is 10.6 Å². The molecule has 1 aliphatic heterocycles. The number of aryl methyl sites for hydroxylation is 2. The quantitative estimate of drug-likeness (QED) is 0.0696. The summed E-state index contributed by atoms with van der Waals surface area (Å²) in [4.78, 5) is 23.9. The molecule has 5 aliphatic rings. The number of hydrogen-bond acceptors (Lipinski definition) is 12. The lowest BCUT2D eigenvalue weighted by molar-refractivity contribution is -0.198. The lowest BCUT2D eigenvalue weighted by Crippen LogP contribution is -2.60. The molecule has 3 aromatic carbocycles. The minimum atomic E-state index is -3.84. The van der Waals surface area contributed by atoms with Gasteiger partial charge in [0.2, 0.25) is 0 Å².